The van der Waals surface area contributed by atoms with Crippen molar-refractivity contribution in [2.24, 2.45) is 0 Å². The molecule has 0 saturated carbocycles. The Kier molecular flexibility index (Phi) is 3.34. The zero-order valence-corrected chi connectivity index (χ0v) is 9.37. The maximum Gasteiger partial charge on any atom is 0.119 e. The monoisotopic (exact) mass is 190 g/mol. The molecule has 0 aliphatic carbocycles. The summed E-state index contributed by atoms with van der Waals surface area (Å²) < 4.78 is 5.20. The zero-order chi connectivity index (χ0) is 10.6. The molecule has 0 aromatic heterocycles. The van der Waals surface area contributed by atoms with Crippen LogP contribution in [0.1, 0.15) is 26.3 Å². The van der Waals surface area contributed by atoms with Crippen LogP contribution in [0.25, 0.3) is 0 Å². The fourth-order valence-corrected chi connectivity index (χ4v) is 1.54. The van der Waals surface area contributed by atoms with E-state index in [4.69, 9.17) is 4.74 Å². The van der Waals surface area contributed by atoms with E-state index in [0.717, 1.165) is 5.75 Å². The van der Waals surface area contributed by atoms with Gasteiger partial charge in [-0.05, 0) is 24.6 Å². The number of methoxy groups -OCH3 is 1. The first-order valence-electron chi connectivity index (χ1n) is 4.88. The molecule has 0 bridgehead atoms. The van der Waals surface area contributed by atoms with Crippen LogP contribution in [0.15, 0.2) is 36.4 Å². The lowest BCUT2D eigenvalue weighted by atomic mass is 9.84. The summed E-state index contributed by atoms with van der Waals surface area (Å²) in [5.74, 6) is 0.917. The number of allylic oxidation sites excluding steroid dienone is 2. The number of hydrogen-bond donors (Lipinski definition) is 0. The van der Waals surface area contributed by atoms with E-state index in [1.807, 2.05) is 19.1 Å². The van der Waals surface area contributed by atoms with Crippen molar-refractivity contribution in [3.63, 3.8) is 0 Å². The molecule has 1 aromatic rings. The molecule has 1 rings (SSSR count). The fraction of sp³-hybridized carbons (Fsp3) is 0.385. The van der Waals surface area contributed by atoms with E-state index in [2.05, 4.69) is 38.1 Å². The number of benzene rings is 1. The van der Waals surface area contributed by atoms with Crippen molar-refractivity contribution in [1.82, 2.24) is 0 Å². The van der Waals surface area contributed by atoms with Crippen LogP contribution < -0.4 is 4.74 Å². The maximum atomic E-state index is 5.20. The van der Waals surface area contributed by atoms with Crippen LogP contribution in [0.2, 0.25) is 0 Å². The largest absolute Gasteiger partial charge is 0.497 e. The summed E-state index contributed by atoms with van der Waals surface area (Å²) in [6.45, 7) is 6.44. The number of hydrogen-bond acceptors (Lipinski definition) is 1. The molecule has 0 unspecified atom stereocenters. The molecule has 0 radical (unpaired) electrons. The van der Waals surface area contributed by atoms with Crippen molar-refractivity contribution >= 4 is 0 Å². The lowest BCUT2D eigenvalue weighted by molar-refractivity contribution is 0.413. The van der Waals surface area contributed by atoms with Crippen LogP contribution in [0.4, 0.5) is 0 Å². The molecule has 0 aliphatic rings. The second kappa shape index (κ2) is 4.32. The molecule has 0 saturated heterocycles. The van der Waals surface area contributed by atoms with Crippen molar-refractivity contribution in [3.05, 3.63) is 42.0 Å². The van der Waals surface area contributed by atoms with Gasteiger partial charge in [-0.15, -0.1) is 0 Å². The van der Waals surface area contributed by atoms with Crippen LogP contribution in [0.3, 0.4) is 0 Å². The molecular formula is C13H18O. The van der Waals surface area contributed by atoms with Gasteiger partial charge >= 0.3 is 0 Å². The van der Waals surface area contributed by atoms with Crippen LogP contribution in [-0.4, -0.2) is 7.11 Å². The SMILES string of the molecule is C/C=C\C(C)(C)c1cccc(OC)c1. The Balaban J connectivity index is 3.05. The molecule has 0 atom stereocenters. The molecule has 0 N–H and O–H groups in total. The molecule has 1 aromatic carbocycles. The highest BCUT2D eigenvalue weighted by Gasteiger charge is 2.16. The third kappa shape index (κ3) is 2.38. The van der Waals surface area contributed by atoms with Crippen molar-refractivity contribution < 1.29 is 4.74 Å². The highest BCUT2D eigenvalue weighted by Crippen LogP contribution is 2.27. The quantitative estimate of drug-likeness (QED) is 0.662. The van der Waals surface area contributed by atoms with Gasteiger partial charge in [0.2, 0.25) is 0 Å². The van der Waals surface area contributed by atoms with Crippen molar-refractivity contribution in [1.29, 1.82) is 0 Å². The Bertz CT molecular complexity index is 324. The molecule has 14 heavy (non-hydrogen) atoms. The Morgan fingerprint density at radius 1 is 1.29 bits per heavy atom. The summed E-state index contributed by atoms with van der Waals surface area (Å²) >= 11 is 0. The topological polar surface area (TPSA) is 9.23 Å². The lowest BCUT2D eigenvalue weighted by Crippen LogP contribution is -2.13. The standard InChI is InChI=1S/C13H18O/c1-5-9-13(2,3)11-7-6-8-12(10-11)14-4/h5-10H,1-4H3/b9-5-. The van der Waals surface area contributed by atoms with Gasteiger partial charge < -0.3 is 4.74 Å². The third-order valence-corrected chi connectivity index (χ3v) is 2.40. The Hall–Kier alpha value is -1.24. The minimum absolute atomic E-state index is 0.0727. The Labute approximate surface area is 86.4 Å². The first-order chi connectivity index (χ1) is 6.60. The maximum absolute atomic E-state index is 5.20. The normalized spacial score (nSPS) is 12.0. The van der Waals surface area contributed by atoms with Gasteiger partial charge in [0.15, 0.2) is 0 Å². The smallest absolute Gasteiger partial charge is 0.119 e. The summed E-state index contributed by atoms with van der Waals surface area (Å²) in [4.78, 5) is 0. The van der Waals surface area contributed by atoms with E-state index >= 15 is 0 Å². The molecule has 0 heterocycles. The van der Waals surface area contributed by atoms with Gasteiger partial charge in [-0.25, -0.2) is 0 Å². The minimum atomic E-state index is 0.0727. The van der Waals surface area contributed by atoms with E-state index in [-0.39, 0.29) is 5.41 Å². The van der Waals surface area contributed by atoms with E-state index in [9.17, 15) is 0 Å². The first-order valence-corrected chi connectivity index (χ1v) is 4.88. The van der Waals surface area contributed by atoms with Crippen LogP contribution >= 0.6 is 0 Å². The third-order valence-electron chi connectivity index (χ3n) is 2.40. The molecule has 76 valence electrons. The average Bonchev–Trinajstić information content (AvgIpc) is 2.18. The van der Waals surface area contributed by atoms with E-state index in [1.165, 1.54) is 5.56 Å². The molecule has 1 heteroatoms. The second-order valence-corrected chi connectivity index (χ2v) is 3.95. The highest BCUT2D eigenvalue weighted by molar-refractivity contribution is 5.35. The number of rotatable bonds is 3. The summed E-state index contributed by atoms with van der Waals surface area (Å²) in [6.07, 6.45) is 4.28. The van der Waals surface area contributed by atoms with E-state index in [0.29, 0.717) is 0 Å². The minimum Gasteiger partial charge on any atom is -0.497 e. The van der Waals surface area contributed by atoms with Gasteiger partial charge in [0, 0.05) is 5.41 Å². The zero-order valence-electron chi connectivity index (χ0n) is 9.37. The summed E-state index contributed by atoms with van der Waals surface area (Å²) in [5, 5.41) is 0. The summed E-state index contributed by atoms with van der Waals surface area (Å²) in [7, 11) is 1.70. The van der Waals surface area contributed by atoms with Gasteiger partial charge in [0.1, 0.15) is 5.75 Å². The Morgan fingerprint density at radius 2 is 2.00 bits per heavy atom. The predicted octanol–water partition coefficient (Wildman–Crippen LogP) is 3.55. The lowest BCUT2D eigenvalue weighted by Gasteiger charge is -2.21. The molecule has 0 amide bonds. The molecular weight excluding hydrogens is 172 g/mol. The summed E-state index contributed by atoms with van der Waals surface area (Å²) in [5.41, 5.74) is 1.35. The summed E-state index contributed by atoms with van der Waals surface area (Å²) in [6, 6.07) is 8.21. The molecule has 0 fully saturated rings. The Morgan fingerprint density at radius 3 is 2.57 bits per heavy atom. The van der Waals surface area contributed by atoms with Crippen molar-refractivity contribution in [2.75, 3.05) is 7.11 Å². The molecule has 0 spiro atoms. The van der Waals surface area contributed by atoms with Gasteiger partial charge in [0.25, 0.3) is 0 Å². The van der Waals surface area contributed by atoms with E-state index in [1.54, 1.807) is 7.11 Å². The van der Waals surface area contributed by atoms with Gasteiger partial charge in [0.05, 0.1) is 7.11 Å². The van der Waals surface area contributed by atoms with Crippen LogP contribution in [0, 0.1) is 0 Å². The number of ether oxygens (including phenoxy) is 1. The first kappa shape index (κ1) is 10.8. The van der Waals surface area contributed by atoms with Crippen molar-refractivity contribution in [2.45, 2.75) is 26.2 Å². The van der Waals surface area contributed by atoms with Gasteiger partial charge in [-0.1, -0.05) is 38.1 Å². The van der Waals surface area contributed by atoms with Crippen LogP contribution in [0.5, 0.6) is 5.75 Å². The van der Waals surface area contributed by atoms with Crippen molar-refractivity contribution in [3.8, 4) is 5.75 Å². The fourth-order valence-electron chi connectivity index (χ4n) is 1.54. The van der Waals surface area contributed by atoms with E-state index < -0.39 is 0 Å². The highest BCUT2D eigenvalue weighted by atomic mass is 16.5. The van der Waals surface area contributed by atoms with Gasteiger partial charge in [-0.2, -0.15) is 0 Å². The molecule has 0 aliphatic heterocycles. The van der Waals surface area contributed by atoms with Gasteiger partial charge in [-0.3, -0.25) is 0 Å². The second-order valence-electron chi connectivity index (χ2n) is 3.95. The predicted molar refractivity (Wildman–Crippen MR) is 60.8 cm³/mol. The molecule has 1 nitrogen and oxygen atoms in total. The average molecular weight is 190 g/mol. The van der Waals surface area contributed by atoms with Crippen LogP contribution in [-0.2, 0) is 5.41 Å².